The summed E-state index contributed by atoms with van der Waals surface area (Å²) in [6.45, 7) is 5.59. The van der Waals surface area contributed by atoms with Crippen molar-refractivity contribution in [1.82, 2.24) is 4.31 Å². The van der Waals surface area contributed by atoms with Crippen LogP contribution in [0.25, 0.3) is 0 Å². The number of morpholine rings is 1. The Bertz CT molecular complexity index is 762. The molecule has 1 saturated carbocycles. The Morgan fingerprint density at radius 2 is 1.81 bits per heavy atom. The molecular weight excluding hydrogens is 366 g/mol. The van der Waals surface area contributed by atoms with Gasteiger partial charge >= 0.3 is 0 Å². The van der Waals surface area contributed by atoms with Crippen molar-refractivity contribution in [3.63, 3.8) is 0 Å². The van der Waals surface area contributed by atoms with Crippen LogP contribution in [0, 0.1) is 0 Å². The van der Waals surface area contributed by atoms with Crippen LogP contribution in [0.3, 0.4) is 0 Å². The lowest BCUT2D eigenvalue weighted by Crippen LogP contribution is -2.61. The zero-order valence-corrected chi connectivity index (χ0v) is 17.0. The molecule has 2 heterocycles. The molecule has 7 heteroatoms. The summed E-state index contributed by atoms with van der Waals surface area (Å²) >= 11 is 0. The van der Waals surface area contributed by atoms with Gasteiger partial charge in [-0.1, -0.05) is 0 Å². The zero-order valence-electron chi connectivity index (χ0n) is 16.1. The Hall–Kier alpha value is -1.15. The van der Waals surface area contributed by atoms with Crippen LogP contribution >= 0.6 is 0 Å². The molecule has 1 aromatic carbocycles. The van der Waals surface area contributed by atoms with E-state index in [1.54, 1.807) is 28.6 Å². The number of benzene rings is 1. The summed E-state index contributed by atoms with van der Waals surface area (Å²) in [5.74, 6) is 0.740. The van der Waals surface area contributed by atoms with Crippen LogP contribution in [0.4, 0.5) is 0 Å². The molecule has 150 valence electrons. The first kappa shape index (κ1) is 19.2. The maximum atomic E-state index is 13.3. The minimum atomic E-state index is -3.60. The third-order valence-electron chi connectivity index (χ3n) is 5.65. The maximum Gasteiger partial charge on any atom is 0.243 e. The Balaban J connectivity index is 1.53. The highest BCUT2D eigenvalue weighted by Gasteiger charge is 2.49. The molecule has 0 aromatic heterocycles. The highest BCUT2D eigenvalue weighted by molar-refractivity contribution is 7.89. The minimum Gasteiger partial charge on any atom is -0.490 e. The van der Waals surface area contributed by atoms with Gasteiger partial charge in [0.05, 0.1) is 23.2 Å². The van der Waals surface area contributed by atoms with Gasteiger partial charge in [-0.3, -0.25) is 0 Å². The largest absolute Gasteiger partial charge is 0.490 e. The van der Waals surface area contributed by atoms with Gasteiger partial charge in [0.2, 0.25) is 10.0 Å². The summed E-state index contributed by atoms with van der Waals surface area (Å²) in [7, 11) is -3.60. The van der Waals surface area contributed by atoms with E-state index in [9.17, 15) is 8.42 Å². The molecule has 1 spiro atoms. The molecule has 1 aliphatic carbocycles. The maximum absolute atomic E-state index is 13.3. The van der Waals surface area contributed by atoms with Crippen LogP contribution in [-0.4, -0.2) is 56.3 Å². The van der Waals surface area contributed by atoms with Gasteiger partial charge in [0.15, 0.2) is 0 Å². The second-order valence-electron chi connectivity index (χ2n) is 8.62. The van der Waals surface area contributed by atoms with E-state index in [4.69, 9.17) is 14.2 Å². The second-order valence-corrected chi connectivity index (χ2v) is 10.6. The van der Waals surface area contributed by atoms with E-state index < -0.39 is 21.2 Å². The molecule has 2 saturated heterocycles. The van der Waals surface area contributed by atoms with Gasteiger partial charge in [0.1, 0.15) is 11.4 Å². The molecule has 0 amide bonds. The summed E-state index contributed by atoms with van der Waals surface area (Å²) in [6.07, 6.45) is 5.54. The van der Waals surface area contributed by atoms with Crippen LogP contribution in [-0.2, 0) is 19.5 Å². The molecule has 1 aromatic rings. The molecule has 2 aliphatic heterocycles. The Labute approximate surface area is 161 Å². The number of rotatable bonds is 4. The summed E-state index contributed by atoms with van der Waals surface area (Å²) in [4.78, 5) is 0.299. The van der Waals surface area contributed by atoms with Crippen molar-refractivity contribution in [2.45, 2.75) is 68.2 Å². The van der Waals surface area contributed by atoms with E-state index in [1.165, 1.54) is 12.8 Å². The number of hydrogen-bond acceptors (Lipinski definition) is 5. The molecule has 0 N–H and O–H groups in total. The van der Waals surface area contributed by atoms with E-state index in [0.717, 1.165) is 25.0 Å². The van der Waals surface area contributed by atoms with Crippen molar-refractivity contribution in [3.05, 3.63) is 24.3 Å². The summed E-state index contributed by atoms with van der Waals surface area (Å²) in [5.41, 5.74) is -1.09. The zero-order chi connectivity index (χ0) is 19.1. The lowest BCUT2D eigenvalue weighted by atomic mass is 9.97. The van der Waals surface area contributed by atoms with Gasteiger partial charge in [0, 0.05) is 26.1 Å². The average Bonchev–Trinajstić information content (AvgIpc) is 3.26. The molecular formula is C20H29NO5S. The SMILES string of the molecule is CC1(C)CN(S(=O)(=O)c2ccc(OC3CCCC3)cc2)CC2(CCOC2)O1. The van der Waals surface area contributed by atoms with Gasteiger partial charge in [-0.2, -0.15) is 4.31 Å². The van der Waals surface area contributed by atoms with Gasteiger partial charge in [-0.15, -0.1) is 0 Å². The van der Waals surface area contributed by atoms with E-state index in [2.05, 4.69) is 0 Å². The van der Waals surface area contributed by atoms with Crippen molar-refractivity contribution in [2.24, 2.45) is 0 Å². The first-order valence-electron chi connectivity index (χ1n) is 9.83. The van der Waals surface area contributed by atoms with Crippen LogP contribution in [0.2, 0.25) is 0 Å². The molecule has 27 heavy (non-hydrogen) atoms. The molecule has 3 fully saturated rings. The Kier molecular flexibility index (Phi) is 4.99. The minimum absolute atomic E-state index is 0.259. The molecule has 3 aliphatic rings. The smallest absolute Gasteiger partial charge is 0.243 e. The average molecular weight is 396 g/mol. The fourth-order valence-electron chi connectivity index (χ4n) is 4.45. The quantitative estimate of drug-likeness (QED) is 0.784. The van der Waals surface area contributed by atoms with Gasteiger partial charge < -0.3 is 14.2 Å². The van der Waals surface area contributed by atoms with Crippen LogP contribution in [0.5, 0.6) is 5.75 Å². The topological polar surface area (TPSA) is 65.1 Å². The summed E-state index contributed by atoms with van der Waals surface area (Å²) < 4.78 is 45.8. The summed E-state index contributed by atoms with van der Waals surface area (Å²) in [5, 5.41) is 0. The van der Waals surface area contributed by atoms with Gasteiger partial charge in [-0.25, -0.2) is 8.42 Å². The molecule has 1 unspecified atom stereocenters. The lowest BCUT2D eigenvalue weighted by Gasteiger charge is -2.47. The Morgan fingerprint density at radius 1 is 1.11 bits per heavy atom. The predicted octanol–water partition coefficient (Wildman–Crippen LogP) is 2.97. The lowest BCUT2D eigenvalue weighted by molar-refractivity contribution is -0.180. The van der Waals surface area contributed by atoms with Crippen LogP contribution in [0.1, 0.15) is 46.0 Å². The van der Waals surface area contributed by atoms with Crippen molar-refractivity contribution in [1.29, 1.82) is 0 Å². The third-order valence-corrected chi connectivity index (χ3v) is 7.45. The number of sulfonamides is 1. The molecule has 1 atom stereocenters. The van der Waals surface area contributed by atoms with E-state index in [-0.39, 0.29) is 6.10 Å². The fraction of sp³-hybridized carbons (Fsp3) is 0.700. The van der Waals surface area contributed by atoms with Crippen LogP contribution < -0.4 is 4.74 Å². The fourth-order valence-corrected chi connectivity index (χ4v) is 6.12. The molecule has 0 bridgehead atoms. The van der Waals surface area contributed by atoms with E-state index >= 15 is 0 Å². The number of hydrogen-bond donors (Lipinski definition) is 0. The molecule has 0 radical (unpaired) electrons. The Morgan fingerprint density at radius 3 is 2.44 bits per heavy atom. The van der Waals surface area contributed by atoms with Crippen molar-refractivity contribution < 1.29 is 22.6 Å². The van der Waals surface area contributed by atoms with Crippen molar-refractivity contribution in [3.8, 4) is 5.75 Å². The van der Waals surface area contributed by atoms with E-state index in [0.29, 0.717) is 31.2 Å². The predicted molar refractivity (Wildman–Crippen MR) is 101 cm³/mol. The first-order valence-corrected chi connectivity index (χ1v) is 11.3. The van der Waals surface area contributed by atoms with Gasteiger partial charge in [-0.05, 0) is 63.8 Å². The molecule has 6 nitrogen and oxygen atoms in total. The summed E-state index contributed by atoms with van der Waals surface area (Å²) in [6, 6.07) is 6.84. The standard InChI is InChI=1S/C20H29NO5S/c1-19(2)13-21(14-20(26-19)11-12-24-15-20)27(22,23)18-9-7-17(8-10-18)25-16-5-3-4-6-16/h7-10,16H,3-6,11-15H2,1-2H3. The molecule has 4 rings (SSSR count). The normalized spacial score (nSPS) is 29.4. The van der Waals surface area contributed by atoms with E-state index in [1.807, 2.05) is 13.8 Å². The number of nitrogens with zero attached hydrogens (tertiary/aromatic N) is 1. The monoisotopic (exact) mass is 395 g/mol. The van der Waals surface area contributed by atoms with Crippen molar-refractivity contribution >= 4 is 10.0 Å². The number of ether oxygens (including phenoxy) is 3. The third kappa shape index (κ3) is 4.01. The van der Waals surface area contributed by atoms with Crippen LogP contribution in [0.15, 0.2) is 29.2 Å². The van der Waals surface area contributed by atoms with Crippen molar-refractivity contribution in [2.75, 3.05) is 26.3 Å². The highest BCUT2D eigenvalue weighted by Crippen LogP contribution is 2.37. The highest BCUT2D eigenvalue weighted by atomic mass is 32.2. The second kappa shape index (κ2) is 7.03. The first-order chi connectivity index (χ1) is 12.8. The van der Waals surface area contributed by atoms with Gasteiger partial charge in [0.25, 0.3) is 0 Å².